The fourth-order valence-electron chi connectivity index (χ4n) is 1.21. The Balaban J connectivity index is 2.43. The third-order valence-electron chi connectivity index (χ3n) is 1.94. The van der Waals surface area contributed by atoms with Crippen LogP contribution < -0.4 is 10.6 Å². The van der Waals surface area contributed by atoms with Crippen molar-refractivity contribution in [3.05, 3.63) is 28.2 Å². The van der Waals surface area contributed by atoms with Crippen LogP contribution in [0, 0.1) is 0 Å². The van der Waals surface area contributed by atoms with Gasteiger partial charge < -0.3 is 15.4 Å². The molecule has 0 atom stereocenters. The van der Waals surface area contributed by atoms with Gasteiger partial charge in [0.1, 0.15) is 6.54 Å². The number of hydrogen-bond donors (Lipinski definition) is 2. The van der Waals surface area contributed by atoms with Crippen LogP contribution in [-0.4, -0.2) is 24.6 Å². The number of hydrogen-bond acceptors (Lipinski definition) is 3. The van der Waals surface area contributed by atoms with E-state index in [2.05, 4.69) is 10.6 Å². The minimum atomic E-state index is -0.529. The number of benzene rings is 1. The Bertz CT molecular complexity index is 478. The number of carbonyl (C=O) groups excluding carboxylic acids is 2. The van der Waals surface area contributed by atoms with E-state index in [0.29, 0.717) is 15.7 Å². The summed E-state index contributed by atoms with van der Waals surface area (Å²) in [6.07, 6.45) is -0.215. The van der Waals surface area contributed by atoms with Crippen molar-refractivity contribution < 1.29 is 14.3 Å². The van der Waals surface area contributed by atoms with Crippen LogP contribution in [0.5, 0.6) is 0 Å². The number of anilines is 1. The SMILES string of the molecule is CC(C)OC(=O)CNC(=O)Nc1ccc(Cl)c(Cl)c1. The second-order valence-corrected chi connectivity index (χ2v) is 4.79. The molecule has 2 N–H and O–H groups in total. The van der Waals surface area contributed by atoms with Gasteiger partial charge in [-0.05, 0) is 32.0 Å². The highest BCUT2D eigenvalue weighted by atomic mass is 35.5. The molecule has 104 valence electrons. The van der Waals surface area contributed by atoms with Crippen LogP contribution in [0.4, 0.5) is 10.5 Å². The zero-order chi connectivity index (χ0) is 14.4. The largest absolute Gasteiger partial charge is 0.462 e. The van der Waals surface area contributed by atoms with Crippen LogP contribution in [0.1, 0.15) is 13.8 Å². The van der Waals surface area contributed by atoms with Crippen LogP contribution in [-0.2, 0) is 9.53 Å². The maximum atomic E-state index is 11.5. The molecule has 0 unspecified atom stereocenters. The van der Waals surface area contributed by atoms with Crippen molar-refractivity contribution >= 4 is 40.9 Å². The molecular formula is C12H14Cl2N2O3. The molecule has 7 heteroatoms. The summed E-state index contributed by atoms with van der Waals surface area (Å²) >= 11 is 11.6. The Morgan fingerprint density at radius 3 is 2.53 bits per heavy atom. The smallest absolute Gasteiger partial charge is 0.325 e. The van der Waals surface area contributed by atoms with Gasteiger partial charge >= 0.3 is 12.0 Å². The van der Waals surface area contributed by atoms with Gasteiger partial charge in [0.05, 0.1) is 16.1 Å². The Kier molecular flexibility index (Phi) is 5.92. The lowest BCUT2D eigenvalue weighted by atomic mass is 10.3. The summed E-state index contributed by atoms with van der Waals surface area (Å²) in [6, 6.07) is 4.14. The number of halogens is 2. The number of carbonyl (C=O) groups is 2. The third-order valence-corrected chi connectivity index (χ3v) is 2.68. The second kappa shape index (κ2) is 7.21. The van der Waals surface area contributed by atoms with Crippen molar-refractivity contribution in [2.45, 2.75) is 20.0 Å². The monoisotopic (exact) mass is 304 g/mol. The van der Waals surface area contributed by atoms with Crippen molar-refractivity contribution in [3.8, 4) is 0 Å². The summed E-state index contributed by atoms with van der Waals surface area (Å²) < 4.78 is 4.87. The average Bonchev–Trinajstić information content (AvgIpc) is 2.30. The van der Waals surface area contributed by atoms with E-state index < -0.39 is 12.0 Å². The molecule has 1 aromatic rings. The molecule has 19 heavy (non-hydrogen) atoms. The molecule has 0 saturated carbocycles. The summed E-state index contributed by atoms with van der Waals surface area (Å²) in [5.41, 5.74) is 0.476. The van der Waals surface area contributed by atoms with Gasteiger partial charge in [0, 0.05) is 5.69 Å². The highest BCUT2D eigenvalue weighted by molar-refractivity contribution is 6.42. The predicted molar refractivity (Wildman–Crippen MR) is 74.7 cm³/mol. The molecule has 0 bridgehead atoms. The van der Waals surface area contributed by atoms with E-state index in [1.807, 2.05) is 0 Å². The van der Waals surface area contributed by atoms with Crippen molar-refractivity contribution in [2.75, 3.05) is 11.9 Å². The molecule has 0 aliphatic carbocycles. The minimum Gasteiger partial charge on any atom is -0.462 e. The van der Waals surface area contributed by atoms with Crippen LogP contribution in [0.25, 0.3) is 0 Å². The summed E-state index contributed by atoms with van der Waals surface area (Å²) in [6.45, 7) is 3.26. The first kappa shape index (κ1) is 15.6. The first-order valence-electron chi connectivity index (χ1n) is 5.58. The lowest BCUT2D eigenvalue weighted by molar-refractivity contribution is -0.146. The topological polar surface area (TPSA) is 67.4 Å². The van der Waals surface area contributed by atoms with Gasteiger partial charge in [-0.2, -0.15) is 0 Å². The summed E-state index contributed by atoms with van der Waals surface area (Å²) in [5, 5.41) is 5.62. The van der Waals surface area contributed by atoms with Crippen LogP contribution in [0.3, 0.4) is 0 Å². The molecular weight excluding hydrogens is 291 g/mol. The van der Waals surface area contributed by atoms with Gasteiger partial charge in [0.25, 0.3) is 0 Å². The predicted octanol–water partition coefficient (Wildman–Crippen LogP) is 3.07. The van der Waals surface area contributed by atoms with Gasteiger partial charge in [-0.1, -0.05) is 23.2 Å². The standard InChI is InChI=1S/C12H14Cl2N2O3/c1-7(2)19-11(17)6-15-12(18)16-8-3-4-9(13)10(14)5-8/h3-5,7H,6H2,1-2H3,(H2,15,16,18). The van der Waals surface area contributed by atoms with E-state index in [0.717, 1.165) is 0 Å². The van der Waals surface area contributed by atoms with E-state index in [4.69, 9.17) is 27.9 Å². The number of amides is 2. The minimum absolute atomic E-state index is 0.203. The van der Waals surface area contributed by atoms with Crippen molar-refractivity contribution in [2.24, 2.45) is 0 Å². The molecule has 0 spiro atoms. The van der Waals surface area contributed by atoms with E-state index in [9.17, 15) is 9.59 Å². The molecule has 0 saturated heterocycles. The number of urea groups is 1. The third kappa shape index (κ3) is 5.81. The Hall–Kier alpha value is -1.46. The fourth-order valence-corrected chi connectivity index (χ4v) is 1.50. The van der Waals surface area contributed by atoms with E-state index in [1.165, 1.54) is 6.07 Å². The highest BCUT2D eigenvalue weighted by Gasteiger charge is 2.08. The molecule has 5 nitrogen and oxygen atoms in total. The van der Waals surface area contributed by atoms with Crippen molar-refractivity contribution in [1.29, 1.82) is 0 Å². The molecule has 1 aromatic carbocycles. The Morgan fingerprint density at radius 1 is 1.26 bits per heavy atom. The highest BCUT2D eigenvalue weighted by Crippen LogP contribution is 2.24. The van der Waals surface area contributed by atoms with E-state index in [-0.39, 0.29) is 12.6 Å². The molecule has 0 fully saturated rings. The fraction of sp³-hybridized carbons (Fsp3) is 0.333. The summed E-state index contributed by atoms with van der Waals surface area (Å²) in [4.78, 5) is 22.7. The van der Waals surface area contributed by atoms with Gasteiger partial charge in [-0.25, -0.2) is 4.79 Å². The quantitative estimate of drug-likeness (QED) is 0.840. The van der Waals surface area contributed by atoms with Gasteiger partial charge in [0.15, 0.2) is 0 Å². The first-order valence-corrected chi connectivity index (χ1v) is 6.33. The Labute approximate surface area is 121 Å². The zero-order valence-corrected chi connectivity index (χ0v) is 12.0. The maximum Gasteiger partial charge on any atom is 0.325 e. The summed E-state index contributed by atoms with van der Waals surface area (Å²) in [5.74, 6) is -0.501. The molecule has 0 aliphatic rings. The first-order chi connectivity index (χ1) is 8.88. The maximum absolute atomic E-state index is 11.5. The molecule has 0 aromatic heterocycles. The normalized spacial score (nSPS) is 10.2. The molecule has 1 rings (SSSR count). The van der Waals surface area contributed by atoms with Crippen LogP contribution >= 0.6 is 23.2 Å². The number of rotatable bonds is 4. The van der Waals surface area contributed by atoms with E-state index >= 15 is 0 Å². The number of ether oxygens (including phenoxy) is 1. The zero-order valence-electron chi connectivity index (χ0n) is 10.5. The van der Waals surface area contributed by atoms with Gasteiger partial charge in [-0.15, -0.1) is 0 Å². The van der Waals surface area contributed by atoms with Crippen molar-refractivity contribution in [1.82, 2.24) is 5.32 Å². The molecule has 0 heterocycles. The average molecular weight is 305 g/mol. The number of nitrogens with one attached hydrogen (secondary N) is 2. The lowest BCUT2D eigenvalue weighted by Crippen LogP contribution is -2.34. The van der Waals surface area contributed by atoms with Crippen LogP contribution in [0.15, 0.2) is 18.2 Å². The molecule has 0 radical (unpaired) electrons. The van der Waals surface area contributed by atoms with Gasteiger partial charge in [-0.3, -0.25) is 4.79 Å². The van der Waals surface area contributed by atoms with Crippen LogP contribution in [0.2, 0.25) is 10.0 Å². The second-order valence-electron chi connectivity index (χ2n) is 3.98. The summed E-state index contributed by atoms with van der Waals surface area (Å²) in [7, 11) is 0. The molecule has 0 aliphatic heterocycles. The van der Waals surface area contributed by atoms with Crippen molar-refractivity contribution in [3.63, 3.8) is 0 Å². The lowest BCUT2D eigenvalue weighted by Gasteiger charge is -2.10. The number of esters is 1. The van der Waals surface area contributed by atoms with E-state index in [1.54, 1.807) is 26.0 Å². The van der Waals surface area contributed by atoms with Gasteiger partial charge in [0.2, 0.25) is 0 Å². The Morgan fingerprint density at radius 2 is 1.95 bits per heavy atom. The molecule has 2 amide bonds.